The van der Waals surface area contributed by atoms with Crippen molar-refractivity contribution in [3.8, 4) is 0 Å². The predicted octanol–water partition coefficient (Wildman–Crippen LogP) is 1.60. The van der Waals surface area contributed by atoms with Gasteiger partial charge in [0, 0.05) is 25.9 Å². The van der Waals surface area contributed by atoms with Crippen molar-refractivity contribution in [2.45, 2.75) is 38.4 Å². The third kappa shape index (κ3) is 3.18. The van der Waals surface area contributed by atoms with Crippen LogP contribution in [0.15, 0.2) is 0 Å². The van der Waals surface area contributed by atoms with E-state index in [1.54, 1.807) is 0 Å². The number of nitrogens with zero attached hydrogens (tertiary/aromatic N) is 1. The molecule has 0 spiro atoms. The number of hydrogen-bond acceptors (Lipinski definition) is 3. The lowest BCUT2D eigenvalue weighted by Crippen LogP contribution is -2.32. The molecule has 0 bridgehead atoms. The lowest BCUT2D eigenvalue weighted by Gasteiger charge is -2.24. The molecule has 0 saturated carbocycles. The Morgan fingerprint density at radius 3 is 2.80 bits per heavy atom. The molecule has 1 N–H and O–H groups in total. The van der Waals surface area contributed by atoms with Gasteiger partial charge in [-0.3, -0.25) is 5.41 Å². The maximum Gasteiger partial charge on any atom is 0.159 e. The van der Waals surface area contributed by atoms with E-state index in [0.717, 1.165) is 45.0 Å². The van der Waals surface area contributed by atoms with Crippen LogP contribution in [0.3, 0.4) is 0 Å². The van der Waals surface area contributed by atoms with Crippen molar-refractivity contribution in [2.75, 3.05) is 26.3 Å². The van der Waals surface area contributed by atoms with Crippen molar-refractivity contribution in [3.05, 3.63) is 0 Å². The van der Waals surface area contributed by atoms with Crippen LogP contribution in [0, 0.1) is 5.41 Å². The van der Waals surface area contributed by atoms with E-state index < -0.39 is 0 Å². The molecule has 4 heteroatoms. The van der Waals surface area contributed by atoms with E-state index in [2.05, 4.69) is 4.90 Å². The molecule has 0 aliphatic carbocycles. The van der Waals surface area contributed by atoms with Crippen LogP contribution in [0.5, 0.6) is 0 Å². The maximum absolute atomic E-state index is 7.90. The summed E-state index contributed by atoms with van der Waals surface area (Å²) >= 11 is 0. The average Bonchev–Trinajstić information content (AvgIpc) is 2.67. The van der Waals surface area contributed by atoms with E-state index >= 15 is 0 Å². The second-order valence-corrected chi connectivity index (χ2v) is 4.20. The Morgan fingerprint density at radius 2 is 2.00 bits per heavy atom. The minimum absolute atomic E-state index is 0.0268. The normalized spacial score (nSPS) is 24.5. The summed E-state index contributed by atoms with van der Waals surface area (Å²) in [5.74, 6) is 0.797. The lowest BCUT2D eigenvalue weighted by atomic mass is 10.2. The summed E-state index contributed by atoms with van der Waals surface area (Å²) in [4.78, 5) is 2.18. The number of likely N-dealkylation sites (tertiary alicyclic amines) is 1. The van der Waals surface area contributed by atoms with Crippen LogP contribution in [0.2, 0.25) is 0 Å². The molecule has 2 rings (SSSR count). The van der Waals surface area contributed by atoms with Crippen molar-refractivity contribution < 1.29 is 9.47 Å². The number of hydrogen-bond donors (Lipinski definition) is 1. The zero-order valence-corrected chi connectivity index (χ0v) is 9.21. The van der Waals surface area contributed by atoms with Crippen molar-refractivity contribution in [3.63, 3.8) is 0 Å². The van der Waals surface area contributed by atoms with Gasteiger partial charge in [-0.1, -0.05) is 6.42 Å². The molecule has 2 fully saturated rings. The van der Waals surface area contributed by atoms with Gasteiger partial charge in [0.25, 0.3) is 0 Å². The Kier molecular flexibility index (Phi) is 3.97. The molecule has 0 amide bonds. The van der Waals surface area contributed by atoms with Gasteiger partial charge in [-0.05, 0) is 12.8 Å². The Morgan fingerprint density at radius 1 is 1.20 bits per heavy atom. The van der Waals surface area contributed by atoms with E-state index in [9.17, 15) is 0 Å². The Hall–Kier alpha value is -0.610. The first kappa shape index (κ1) is 10.9. The summed E-state index contributed by atoms with van der Waals surface area (Å²) in [5.41, 5.74) is 0. The van der Waals surface area contributed by atoms with Crippen molar-refractivity contribution in [2.24, 2.45) is 0 Å². The highest BCUT2D eigenvalue weighted by molar-refractivity contribution is 5.79. The highest BCUT2D eigenvalue weighted by atomic mass is 16.7. The fourth-order valence-electron chi connectivity index (χ4n) is 2.15. The summed E-state index contributed by atoms with van der Waals surface area (Å²) in [5, 5.41) is 7.90. The monoisotopic (exact) mass is 212 g/mol. The molecule has 2 aliphatic heterocycles. The fourth-order valence-corrected chi connectivity index (χ4v) is 2.15. The van der Waals surface area contributed by atoms with Crippen LogP contribution >= 0.6 is 0 Å². The summed E-state index contributed by atoms with van der Waals surface area (Å²) in [6, 6.07) is 0. The molecular formula is C11H20N2O2. The van der Waals surface area contributed by atoms with Gasteiger partial charge in [0.2, 0.25) is 0 Å². The number of amidine groups is 1. The molecule has 0 atom stereocenters. The van der Waals surface area contributed by atoms with Gasteiger partial charge in [-0.2, -0.15) is 0 Å². The summed E-state index contributed by atoms with van der Waals surface area (Å²) in [7, 11) is 0. The highest BCUT2D eigenvalue weighted by Gasteiger charge is 2.19. The van der Waals surface area contributed by atoms with Gasteiger partial charge in [0.1, 0.15) is 0 Å². The number of ether oxygens (including phenoxy) is 2. The van der Waals surface area contributed by atoms with Gasteiger partial charge in [-0.15, -0.1) is 0 Å². The van der Waals surface area contributed by atoms with Crippen LogP contribution in [-0.4, -0.2) is 43.3 Å². The third-order valence-electron chi connectivity index (χ3n) is 3.05. The molecule has 2 heterocycles. The Bertz CT molecular complexity index is 215. The summed E-state index contributed by atoms with van der Waals surface area (Å²) < 4.78 is 10.8. The van der Waals surface area contributed by atoms with E-state index in [0.29, 0.717) is 0 Å². The van der Waals surface area contributed by atoms with Crippen molar-refractivity contribution in [1.29, 1.82) is 5.41 Å². The van der Waals surface area contributed by atoms with E-state index in [1.807, 2.05) is 0 Å². The number of rotatable bonds is 3. The molecule has 2 aliphatic rings. The molecule has 0 aromatic heterocycles. The minimum Gasteiger partial charge on any atom is -0.360 e. The zero-order valence-electron chi connectivity index (χ0n) is 9.21. The first-order chi connectivity index (χ1) is 7.36. The minimum atomic E-state index is -0.0268. The highest BCUT2D eigenvalue weighted by Crippen LogP contribution is 2.14. The molecular weight excluding hydrogens is 192 g/mol. The first-order valence-corrected chi connectivity index (χ1v) is 5.92. The van der Waals surface area contributed by atoms with Gasteiger partial charge in [0.05, 0.1) is 19.0 Å². The molecule has 0 aromatic carbocycles. The molecule has 86 valence electrons. The zero-order chi connectivity index (χ0) is 10.5. The summed E-state index contributed by atoms with van der Waals surface area (Å²) in [6.07, 6.45) is 5.45. The molecule has 15 heavy (non-hydrogen) atoms. The smallest absolute Gasteiger partial charge is 0.159 e. The van der Waals surface area contributed by atoms with Crippen molar-refractivity contribution in [1.82, 2.24) is 4.90 Å². The van der Waals surface area contributed by atoms with Crippen LogP contribution in [-0.2, 0) is 9.47 Å². The predicted molar refractivity (Wildman–Crippen MR) is 58.1 cm³/mol. The Balaban J connectivity index is 1.73. The largest absolute Gasteiger partial charge is 0.360 e. The fraction of sp³-hybridized carbons (Fsp3) is 0.909. The van der Waals surface area contributed by atoms with Gasteiger partial charge in [-0.25, -0.2) is 0 Å². The molecule has 4 nitrogen and oxygen atoms in total. The SMILES string of the molecule is N=C1CCCCCN1CCC1OCCO1. The van der Waals surface area contributed by atoms with Crippen molar-refractivity contribution >= 4 is 5.84 Å². The first-order valence-electron chi connectivity index (χ1n) is 5.92. The topological polar surface area (TPSA) is 45.6 Å². The van der Waals surface area contributed by atoms with E-state index in [-0.39, 0.29) is 6.29 Å². The van der Waals surface area contributed by atoms with Crippen LogP contribution < -0.4 is 0 Å². The van der Waals surface area contributed by atoms with Gasteiger partial charge >= 0.3 is 0 Å². The second-order valence-electron chi connectivity index (χ2n) is 4.20. The Labute approximate surface area is 91.0 Å². The second kappa shape index (κ2) is 5.47. The summed E-state index contributed by atoms with van der Waals surface area (Å²) in [6.45, 7) is 3.39. The molecule has 2 saturated heterocycles. The lowest BCUT2D eigenvalue weighted by molar-refractivity contribution is -0.0490. The van der Waals surface area contributed by atoms with Crippen LogP contribution in [0.4, 0.5) is 0 Å². The quantitative estimate of drug-likeness (QED) is 0.773. The van der Waals surface area contributed by atoms with E-state index in [4.69, 9.17) is 14.9 Å². The molecule has 0 unspecified atom stereocenters. The molecule has 0 radical (unpaired) electrons. The maximum atomic E-state index is 7.90. The van der Waals surface area contributed by atoms with Crippen LogP contribution in [0.25, 0.3) is 0 Å². The standard InChI is InChI=1S/C11H20N2O2/c12-10-4-2-1-3-6-13(10)7-5-11-14-8-9-15-11/h11-12H,1-9H2. The average molecular weight is 212 g/mol. The van der Waals surface area contributed by atoms with Gasteiger partial charge in [0.15, 0.2) is 6.29 Å². The number of nitrogens with one attached hydrogen (secondary N) is 1. The van der Waals surface area contributed by atoms with Gasteiger partial charge < -0.3 is 14.4 Å². The van der Waals surface area contributed by atoms with Crippen LogP contribution in [0.1, 0.15) is 32.1 Å². The van der Waals surface area contributed by atoms with E-state index in [1.165, 1.54) is 19.3 Å². The molecule has 0 aromatic rings. The third-order valence-corrected chi connectivity index (χ3v) is 3.05.